The van der Waals surface area contributed by atoms with Gasteiger partial charge in [0.1, 0.15) is 4.88 Å². The van der Waals surface area contributed by atoms with Crippen LogP contribution in [0.3, 0.4) is 0 Å². The van der Waals surface area contributed by atoms with Crippen LogP contribution in [0.15, 0.2) is 18.2 Å². The van der Waals surface area contributed by atoms with E-state index in [1.807, 2.05) is 0 Å². The summed E-state index contributed by atoms with van der Waals surface area (Å²) in [5.41, 5.74) is 1.45. The van der Waals surface area contributed by atoms with Crippen LogP contribution in [0.2, 0.25) is 0 Å². The number of rotatable bonds is 5. The van der Waals surface area contributed by atoms with Gasteiger partial charge in [0.25, 0.3) is 0 Å². The quantitative estimate of drug-likeness (QED) is 0.623. The predicted molar refractivity (Wildman–Crippen MR) is 68.7 cm³/mol. The molecule has 3 rings (SSSR count). The SMILES string of the molecule is O=C(CCc1cccc(F)n1)c1snnc1C1CC1. The molecule has 1 fully saturated rings. The minimum Gasteiger partial charge on any atom is -0.293 e. The molecule has 0 aliphatic heterocycles. The summed E-state index contributed by atoms with van der Waals surface area (Å²) in [6.45, 7) is 0. The first-order chi connectivity index (χ1) is 9.24. The van der Waals surface area contributed by atoms with Gasteiger partial charge in [-0.05, 0) is 42.9 Å². The number of halogens is 1. The summed E-state index contributed by atoms with van der Waals surface area (Å²) in [6.07, 6.45) is 2.95. The Morgan fingerprint density at radius 1 is 1.42 bits per heavy atom. The molecule has 0 spiro atoms. The molecule has 0 atom stereocenters. The molecule has 2 heterocycles. The van der Waals surface area contributed by atoms with E-state index < -0.39 is 5.95 Å². The highest BCUT2D eigenvalue weighted by atomic mass is 32.1. The van der Waals surface area contributed by atoms with Crippen LogP contribution in [0.25, 0.3) is 0 Å². The maximum Gasteiger partial charge on any atom is 0.213 e. The number of aromatic nitrogens is 3. The number of nitrogens with zero attached hydrogens (tertiary/aromatic N) is 3. The van der Waals surface area contributed by atoms with E-state index in [1.165, 1.54) is 6.07 Å². The molecule has 0 N–H and O–H groups in total. The van der Waals surface area contributed by atoms with Gasteiger partial charge in [-0.2, -0.15) is 4.39 Å². The molecule has 4 nitrogen and oxygen atoms in total. The molecule has 0 aromatic carbocycles. The van der Waals surface area contributed by atoms with Crippen LogP contribution in [0, 0.1) is 5.95 Å². The average Bonchev–Trinajstić information content (AvgIpc) is 3.13. The zero-order valence-electron chi connectivity index (χ0n) is 10.2. The van der Waals surface area contributed by atoms with Crippen molar-refractivity contribution in [1.82, 2.24) is 14.6 Å². The van der Waals surface area contributed by atoms with Crippen molar-refractivity contribution in [2.45, 2.75) is 31.6 Å². The lowest BCUT2D eigenvalue weighted by molar-refractivity contribution is 0.0985. The second-order valence-electron chi connectivity index (χ2n) is 4.64. The number of aryl methyl sites for hydroxylation is 1. The minimum atomic E-state index is -0.511. The average molecular weight is 277 g/mol. The first kappa shape index (κ1) is 12.3. The zero-order valence-corrected chi connectivity index (χ0v) is 11.0. The normalized spacial score (nSPS) is 14.6. The number of hydrogen-bond acceptors (Lipinski definition) is 5. The number of ketones is 1. The van der Waals surface area contributed by atoms with E-state index in [4.69, 9.17) is 0 Å². The monoisotopic (exact) mass is 277 g/mol. The summed E-state index contributed by atoms with van der Waals surface area (Å²) in [5, 5.41) is 4.04. The number of pyridine rings is 1. The van der Waals surface area contributed by atoms with Crippen molar-refractivity contribution < 1.29 is 9.18 Å². The van der Waals surface area contributed by atoms with E-state index in [0.29, 0.717) is 29.3 Å². The van der Waals surface area contributed by atoms with Crippen LogP contribution in [0.5, 0.6) is 0 Å². The highest BCUT2D eigenvalue weighted by Crippen LogP contribution is 2.41. The lowest BCUT2D eigenvalue weighted by atomic mass is 10.1. The van der Waals surface area contributed by atoms with E-state index in [2.05, 4.69) is 14.6 Å². The van der Waals surface area contributed by atoms with E-state index >= 15 is 0 Å². The molecule has 19 heavy (non-hydrogen) atoms. The summed E-state index contributed by atoms with van der Waals surface area (Å²) in [4.78, 5) is 16.5. The highest BCUT2D eigenvalue weighted by Gasteiger charge is 2.31. The number of hydrogen-bond donors (Lipinski definition) is 0. The Morgan fingerprint density at radius 3 is 3.00 bits per heavy atom. The summed E-state index contributed by atoms with van der Waals surface area (Å²) in [7, 11) is 0. The third-order valence-electron chi connectivity index (χ3n) is 3.11. The van der Waals surface area contributed by atoms with Crippen LogP contribution in [0.1, 0.15) is 46.2 Å². The third-order valence-corrected chi connectivity index (χ3v) is 3.89. The van der Waals surface area contributed by atoms with Crippen molar-refractivity contribution in [3.63, 3.8) is 0 Å². The molecule has 0 bridgehead atoms. The fraction of sp³-hybridized carbons (Fsp3) is 0.385. The summed E-state index contributed by atoms with van der Waals surface area (Å²) < 4.78 is 16.8. The molecule has 98 valence electrons. The molecule has 6 heteroatoms. The third kappa shape index (κ3) is 2.84. The van der Waals surface area contributed by atoms with Crippen molar-refractivity contribution in [3.8, 4) is 0 Å². The molecular formula is C13H12FN3OS. The Kier molecular flexibility index (Phi) is 3.33. The molecule has 0 amide bonds. The summed E-state index contributed by atoms with van der Waals surface area (Å²) in [5.74, 6) is -0.0592. The van der Waals surface area contributed by atoms with Crippen molar-refractivity contribution in [1.29, 1.82) is 0 Å². The van der Waals surface area contributed by atoms with Gasteiger partial charge in [0.15, 0.2) is 5.78 Å². The molecule has 1 saturated carbocycles. The van der Waals surface area contributed by atoms with Crippen molar-refractivity contribution >= 4 is 17.3 Å². The van der Waals surface area contributed by atoms with Gasteiger partial charge in [-0.25, -0.2) is 4.98 Å². The van der Waals surface area contributed by atoms with Crippen LogP contribution in [-0.4, -0.2) is 20.4 Å². The van der Waals surface area contributed by atoms with Crippen molar-refractivity contribution in [3.05, 3.63) is 40.4 Å². The molecule has 1 aliphatic carbocycles. The maximum absolute atomic E-state index is 12.9. The molecule has 1 aliphatic rings. The second kappa shape index (κ2) is 5.13. The summed E-state index contributed by atoms with van der Waals surface area (Å²) >= 11 is 1.16. The maximum atomic E-state index is 12.9. The first-order valence-electron chi connectivity index (χ1n) is 6.21. The van der Waals surface area contributed by atoms with E-state index in [9.17, 15) is 9.18 Å². The second-order valence-corrected chi connectivity index (χ2v) is 5.39. The van der Waals surface area contributed by atoms with Gasteiger partial charge < -0.3 is 0 Å². The zero-order chi connectivity index (χ0) is 13.2. The lowest BCUT2D eigenvalue weighted by Gasteiger charge is -2.00. The van der Waals surface area contributed by atoms with Gasteiger partial charge in [0, 0.05) is 18.0 Å². The van der Waals surface area contributed by atoms with Gasteiger partial charge >= 0.3 is 0 Å². The Bertz CT molecular complexity index is 609. The number of Topliss-reactive ketones (excluding diaryl/α,β-unsaturated/α-hetero) is 1. The first-order valence-corrected chi connectivity index (χ1v) is 6.98. The predicted octanol–water partition coefficient (Wildman–Crippen LogP) is 2.77. The van der Waals surface area contributed by atoms with Gasteiger partial charge in [-0.1, -0.05) is 10.6 Å². The van der Waals surface area contributed by atoms with E-state index in [1.54, 1.807) is 12.1 Å². The summed E-state index contributed by atoms with van der Waals surface area (Å²) in [6, 6.07) is 4.62. The van der Waals surface area contributed by atoms with Gasteiger partial charge in [0.2, 0.25) is 5.95 Å². The van der Waals surface area contributed by atoms with E-state index in [-0.39, 0.29) is 5.78 Å². The van der Waals surface area contributed by atoms with E-state index in [0.717, 1.165) is 30.1 Å². The van der Waals surface area contributed by atoms with Gasteiger partial charge in [0.05, 0.1) is 5.69 Å². The Morgan fingerprint density at radius 2 is 2.26 bits per heavy atom. The molecule has 2 aromatic rings. The molecule has 0 radical (unpaired) electrons. The Balaban J connectivity index is 1.66. The smallest absolute Gasteiger partial charge is 0.213 e. The van der Waals surface area contributed by atoms with Crippen molar-refractivity contribution in [2.24, 2.45) is 0 Å². The van der Waals surface area contributed by atoms with Crippen LogP contribution >= 0.6 is 11.5 Å². The highest BCUT2D eigenvalue weighted by molar-refractivity contribution is 7.08. The van der Waals surface area contributed by atoms with Gasteiger partial charge in [-0.3, -0.25) is 4.79 Å². The topological polar surface area (TPSA) is 55.7 Å². The fourth-order valence-corrected chi connectivity index (χ4v) is 2.67. The lowest BCUT2D eigenvalue weighted by Crippen LogP contribution is -2.03. The van der Waals surface area contributed by atoms with Crippen molar-refractivity contribution in [2.75, 3.05) is 0 Å². The largest absolute Gasteiger partial charge is 0.293 e. The number of carbonyl (C=O) groups excluding carboxylic acids is 1. The van der Waals surface area contributed by atoms with Crippen LogP contribution < -0.4 is 0 Å². The fourth-order valence-electron chi connectivity index (χ4n) is 1.96. The standard InChI is InChI=1S/C13H12FN3OS/c14-11-3-1-2-9(15-11)6-7-10(18)13-12(8-4-5-8)16-17-19-13/h1-3,8H,4-7H2. The Hall–Kier alpha value is -1.69. The number of carbonyl (C=O) groups is 1. The van der Waals surface area contributed by atoms with Crippen LogP contribution in [-0.2, 0) is 6.42 Å². The molecule has 0 unspecified atom stereocenters. The Labute approximate surface area is 113 Å². The molecule has 0 saturated heterocycles. The molecular weight excluding hydrogens is 265 g/mol. The minimum absolute atomic E-state index is 0.0305. The van der Waals surface area contributed by atoms with Gasteiger partial charge in [-0.15, -0.1) is 5.10 Å². The van der Waals surface area contributed by atoms with Crippen LogP contribution in [0.4, 0.5) is 4.39 Å². The molecule has 2 aromatic heterocycles.